The molecule has 6 nitrogen and oxygen atoms in total. The molecule has 0 atom stereocenters. The Morgan fingerprint density at radius 1 is 1.09 bits per heavy atom. The van der Waals surface area contributed by atoms with Crippen molar-refractivity contribution in [2.24, 2.45) is 0 Å². The normalized spacial score (nSPS) is 11.5. The summed E-state index contributed by atoms with van der Waals surface area (Å²) >= 11 is 1.27. The van der Waals surface area contributed by atoms with Crippen LogP contribution in [0, 0.1) is 0 Å². The van der Waals surface area contributed by atoms with Crippen molar-refractivity contribution in [3.05, 3.63) is 83.6 Å². The number of alkyl halides is 3. The lowest BCUT2D eigenvalue weighted by atomic mass is 10.1. The van der Waals surface area contributed by atoms with E-state index < -0.39 is 17.7 Å². The zero-order valence-corrected chi connectivity index (χ0v) is 17.5. The number of halogens is 3. The molecule has 0 saturated heterocycles. The van der Waals surface area contributed by atoms with E-state index >= 15 is 0 Å². The standard InChI is InChI=1S/C22H16F3N3O3S/c1-30-20(29)15-6-2-5-14(11-15)13-32-21-27-26-19(18-9-4-10-31-18)28(21)17-8-3-7-16(12-17)22(23,24)25/h2-12H,13H2,1H3. The van der Waals surface area contributed by atoms with Crippen LogP contribution in [0.15, 0.2) is 76.5 Å². The third-order valence-corrected chi connectivity index (χ3v) is 5.52. The second kappa shape index (κ2) is 8.91. The van der Waals surface area contributed by atoms with Gasteiger partial charge in [0.25, 0.3) is 0 Å². The molecule has 0 aliphatic carbocycles. The summed E-state index contributed by atoms with van der Waals surface area (Å²) in [6.07, 6.45) is -3.04. The molecule has 164 valence electrons. The fraction of sp³-hybridized carbons (Fsp3) is 0.136. The van der Waals surface area contributed by atoms with Gasteiger partial charge in [-0.1, -0.05) is 30.0 Å². The number of furan rings is 1. The minimum atomic E-state index is -4.49. The molecule has 0 saturated carbocycles. The summed E-state index contributed by atoms with van der Waals surface area (Å²) in [7, 11) is 1.30. The van der Waals surface area contributed by atoms with Crippen LogP contribution in [0.25, 0.3) is 17.3 Å². The smallest absolute Gasteiger partial charge is 0.416 e. The molecule has 4 aromatic rings. The summed E-state index contributed by atoms with van der Waals surface area (Å²) in [6.45, 7) is 0. The molecule has 32 heavy (non-hydrogen) atoms. The number of esters is 1. The molecule has 2 aromatic carbocycles. The van der Waals surface area contributed by atoms with Crippen molar-refractivity contribution in [1.82, 2.24) is 14.8 Å². The Hall–Kier alpha value is -3.53. The number of benzene rings is 2. The van der Waals surface area contributed by atoms with E-state index in [4.69, 9.17) is 9.15 Å². The predicted molar refractivity (Wildman–Crippen MR) is 111 cm³/mol. The van der Waals surface area contributed by atoms with Gasteiger partial charge in [-0.3, -0.25) is 4.57 Å². The quantitative estimate of drug-likeness (QED) is 0.275. The Labute approximate surface area is 185 Å². The first-order valence-corrected chi connectivity index (χ1v) is 10.3. The molecular weight excluding hydrogens is 443 g/mol. The second-order valence-electron chi connectivity index (χ2n) is 6.65. The van der Waals surface area contributed by atoms with Crippen molar-refractivity contribution < 1.29 is 27.1 Å². The molecule has 2 aromatic heterocycles. The van der Waals surface area contributed by atoms with E-state index in [2.05, 4.69) is 10.2 Å². The second-order valence-corrected chi connectivity index (χ2v) is 7.59. The molecule has 4 rings (SSSR count). The number of hydrogen-bond acceptors (Lipinski definition) is 6. The highest BCUT2D eigenvalue weighted by Crippen LogP contribution is 2.34. The van der Waals surface area contributed by atoms with Crippen molar-refractivity contribution in [3.63, 3.8) is 0 Å². The molecule has 0 amide bonds. The summed E-state index contributed by atoms with van der Waals surface area (Å²) in [5, 5.41) is 8.69. The Morgan fingerprint density at radius 3 is 2.62 bits per heavy atom. The number of ether oxygens (including phenoxy) is 1. The summed E-state index contributed by atoms with van der Waals surface area (Å²) in [4.78, 5) is 11.8. The van der Waals surface area contributed by atoms with E-state index in [1.165, 1.54) is 35.8 Å². The van der Waals surface area contributed by atoms with Gasteiger partial charge in [0.1, 0.15) is 0 Å². The molecule has 2 heterocycles. The number of methoxy groups -OCH3 is 1. The maximum absolute atomic E-state index is 13.3. The van der Waals surface area contributed by atoms with Crippen LogP contribution in [0.4, 0.5) is 13.2 Å². The predicted octanol–water partition coefficient (Wildman–Crippen LogP) is 5.63. The lowest BCUT2D eigenvalue weighted by Crippen LogP contribution is -2.07. The van der Waals surface area contributed by atoms with Crippen LogP contribution in [0.2, 0.25) is 0 Å². The average molecular weight is 459 g/mol. The molecule has 10 heteroatoms. The Kier molecular flexibility index (Phi) is 6.04. The molecule has 0 N–H and O–H groups in total. The van der Waals surface area contributed by atoms with Gasteiger partial charge in [-0.15, -0.1) is 10.2 Å². The van der Waals surface area contributed by atoms with Crippen LogP contribution < -0.4 is 0 Å². The van der Waals surface area contributed by atoms with Crippen molar-refractivity contribution in [2.75, 3.05) is 7.11 Å². The Morgan fingerprint density at radius 2 is 1.91 bits per heavy atom. The van der Waals surface area contributed by atoms with Gasteiger partial charge in [-0.2, -0.15) is 13.2 Å². The number of rotatable bonds is 6. The van der Waals surface area contributed by atoms with Gasteiger partial charge in [0, 0.05) is 5.75 Å². The van der Waals surface area contributed by atoms with Gasteiger partial charge in [0.15, 0.2) is 10.9 Å². The van der Waals surface area contributed by atoms with Crippen LogP contribution in [-0.4, -0.2) is 27.8 Å². The monoisotopic (exact) mass is 459 g/mol. The summed E-state index contributed by atoms with van der Waals surface area (Å²) in [5.74, 6) is 0.596. The first-order valence-electron chi connectivity index (χ1n) is 9.34. The average Bonchev–Trinajstić information content (AvgIpc) is 3.46. The lowest BCUT2D eigenvalue weighted by Gasteiger charge is -2.12. The summed E-state index contributed by atoms with van der Waals surface area (Å²) < 4.78 is 51.5. The van der Waals surface area contributed by atoms with Crippen molar-refractivity contribution in [2.45, 2.75) is 17.1 Å². The van der Waals surface area contributed by atoms with Crippen LogP contribution in [0.1, 0.15) is 21.5 Å². The van der Waals surface area contributed by atoms with Gasteiger partial charge >= 0.3 is 12.1 Å². The first-order chi connectivity index (χ1) is 15.4. The zero-order valence-electron chi connectivity index (χ0n) is 16.7. The highest BCUT2D eigenvalue weighted by molar-refractivity contribution is 7.98. The lowest BCUT2D eigenvalue weighted by molar-refractivity contribution is -0.137. The zero-order chi connectivity index (χ0) is 22.7. The molecule has 0 bridgehead atoms. The molecule has 0 unspecified atom stereocenters. The van der Waals surface area contributed by atoms with Gasteiger partial charge in [0.05, 0.1) is 30.2 Å². The molecule has 0 aliphatic rings. The van der Waals surface area contributed by atoms with E-state index in [9.17, 15) is 18.0 Å². The molecule has 0 fully saturated rings. The molecule has 0 radical (unpaired) electrons. The topological polar surface area (TPSA) is 70.2 Å². The number of nitrogens with zero attached hydrogens (tertiary/aromatic N) is 3. The Balaban J connectivity index is 1.71. The van der Waals surface area contributed by atoms with Gasteiger partial charge in [0.2, 0.25) is 5.82 Å². The van der Waals surface area contributed by atoms with Crippen molar-refractivity contribution >= 4 is 17.7 Å². The minimum absolute atomic E-state index is 0.252. The Bertz CT molecular complexity index is 1240. The van der Waals surface area contributed by atoms with E-state index in [0.717, 1.165) is 17.7 Å². The fourth-order valence-corrected chi connectivity index (χ4v) is 3.93. The van der Waals surface area contributed by atoms with Crippen molar-refractivity contribution in [1.29, 1.82) is 0 Å². The third-order valence-electron chi connectivity index (χ3n) is 4.52. The molecular formula is C22H16F3N3O3S. The highest BCUT2D eigenvalue weighted by atomic mass is 32.2. The van der Waals surface area contributed by atoms with Crippen molar-refractivity contribution in [3.8, 4) is 17.3 Å². The van der Waals surface area contributed by atoms with Crippen LogP contribution in [0.5, 0.6) is 0 Å². The summed E-state index contributed by atoms with van der Waals surface area (Å²) in [5.41, 5.74) is 0.690. The highest BCUT2D eigenvalue weighted by Gasteiger charge is 2.31. The maximum atomic E-state index is 13.3. The van der Waals surface area contributed by atoms with Gasteiger partial charge in [-0.25, -0.2) is 4.79 Å². The number of carbonyl (C=O) groups is 1. The van der Waals surface area contributed by atoms with Crippen LogP contribution >= 0.6 is 11.8 Å². The van der Waals surface area contributed by atoms with E-state index in [0.29, 0.717) is 22.2 Å². The van der Waals surface area contributed by atoms with Crippen LogP contribution in [-0.2, 0) is 16.7 Å². The van der Waals surface area contributed by atoms with E-state index in [1.807, 2.05) is 6.07 Å². The fourth-order valence-electron chi connectivity index (χ4n) is 3.04. The number of aromatic nitrogens is 3. The number of carbonyl (C=O) groups excluding carboxylic acids is 1. The van der Waals surface area contributed by atoms with E-state index in [-0.39, 0.29) is 11.5 Å². The first kappa shape index (κ1) is 21.7. The number of thioether (sulfide) groups is 1. The van der Waals surface area contributed by atoms with E-state index in [1.54, 1.807) is 36.4 Å². The minimum Gasteiger partial charge on any atom is -0.465 e. The van der Waals surface area contributed by atoms with Crippen LogP contribution in [0.3, 0.4) is 0 Å². The van der Waals surface area contributed by atoms with Gasteiger partial charge < -0.3 is 9.15 Å². The number of hydrogen-bond donors (Lipinski definition) is 0. The third kappa shape index (κ3) is 4.54. The molecule has 0 spiro atoms. The van der Waals surface area contributed by atoms with Gasteiger partial charge in [-0.05, 0) is 48.0 Å². The SMILES string of the molecule is COC(=O)c1cccc(CSc2nnc(-c3ccco3)n2-c2cccc(C(F)(F)F)c2)c1. The maximum Gasteiger partial charge on any atom is 0.416 e. The molecule has 0 aliphatic heterocycles. The largest absolute Gasteiger partial charge is 0.465 e. The summed E-state index contributed by atoms with van der Waals surface area (Å²) in [6, 6.07) is 15.1.